The van der Waals surface area contributed by atoms with Gasteiger partial charge in [0.2, 0.25) is 5.91 Å². The maximum absolute atomic E-state index is 11.8. The highest BCUT2D eigenvalue weighted by Gasteiger charge is 2.21. The molecule has 110 valence electrons. The quantitative estimate of drug-likeness (QED) is 0.714. The Morgan fingerprint density at radius 3 is 2.95 bits per heavy atom. The summed E-state index contributed by atoms with van der Waals surface area (Å²) in [6, 6.07) is 0.0722. The molecule has 2 saturated heterocycles. The maximum atomic E-state index is 11.8. The molecule has 2 aliphatic heterocycles. The van der Waals surface area contributed by atoms with Crippen LogP contribution < -0.4 is 10.6 Å². The van der Waals surface area contributed by atoms with Crippen LogP contribution in [0, 0.1) is 5.92 Å². The Kier molecular flexibility index (Phi) is 6.11. The first-order chi connectivity index (χ1) is 9.25. The van der Waals surface area contributed by atoms with Crippen molar-refractivity contribution < 1.29 is 4.79 Å². The van der Waals surface area contributed by atoms with E-state index in [2.05, 4.69) is 22.5 Å². The van der Waals surface area contributed by atoms with Gasteiger partial charge in [-0.1, -0.05) is 6.92 Å². The third-order valence-electron chi connectivity index (χ3n) is 4.32. The zero-order valence-corrected chi connectivity index (χ0v) is 12.3. The van der Waals surface area contributed by atoms with Crippen LogP contribution in [0.5, 0.6) is 0 Å². The summed E-state index contributed by atoms with van der Waals surface area (Å²) in [5, 5.41) is 6.28. The summed E-state index contributed by atoms with van der Waals surface area (Å²) >= 11 is 0. The lowest BCUT2D eigenvalue weighted by Crippen LogP contribution is -2.41. The van der Waals surface area contributed by atoms with Crippen LogP contribution >= 0.6 is 0 Å². The smallest absolute Gasteiger partial charge is 0.237 e. The summed E-state index contributed by atoms with van der Waals surface area (Å²) in [6.07, 6.45) is 7.17. The van der Waals surface area contributed by atoms with E-state index in [9.17, 15) is 4.79 Å². The number of rotatable bonds is 6. The fourth-order valence-corrected chi connectivity index (χ4v) is 3.19. The summed E-state index contributed by atoms with van der Waals surface area (Å²) < 4.78 is 0. The summed E-state index contributed by atoms with van der Waals surface area (Å²) in [5.41, 5.74) is 0. The molecule has 2 fully saturated rings. The van der Waals surface area contributed by atoms with Crippen LogP contribution in [0.1, 0.15) is 45.4 Å². The first-order valence-corrected chi connectivity index (χ1v) is 7.99. The summed E-state index contributed by atoms with van der Waals surface area (Å²) in [5.74, 6) is 1.06. The molecule has 2 atom stereocenters. The molecule has 2 aliphatic rings. The predicted molar refractivity (Wildman–Crippen MR) is 78.1 cm³/mol. The van der Waals surface area contributed by atoms with Gasteiger partial charge in [0.1, 0.15) is 0 Å². The normalized spacial score (nSPS) is 28.5. The molecule has 0 saturated carbocycles. The molecule has 0 aromatic rings. The molecule has 0 spiro atoms. The van der Waals surface area contributed by atoms with Crippen LogP contribution in [0.3, 0.4) is 0 Å². The number of nitrogens with zero attached hydrogens (tertiary/aromatic N) is 1. The molecular formula is C15H29N3O. The number of hydrogen-bond donors (Lipinski definition) is 2. The van der Waals surface area contributed by atoms with Gasteiger partial charge >= 0.3 is 0 Å². The number of likely N-dealkylation sites (tertiary alicyclic amines) is 1. The number of hydrogen-bond acceptors (Lipinski definition) is 3. The van der Waals surface area contributed by atoms with Crippen molar-refractivity contribution in [1.29, 1.82) is 0 Å². The highest BCUT2D eigenvalue weighted by molar-refractivity contribution is 5.81. The fourth-order valence-electron chi connectivity index (χ4n) is 3.19. The molecule has 2 rings (SSSR count). The number of carbonyl (C=O) groups excluding carboxylic acids is 1. The molecule has 4 heteroatoms. The van der Waals surface area contributed by atoms with Crippen LogP contribution in [0.25, 0.3) is 0 Å². The van der Waals surface area contributed by atoms with Gasteiger partial charge in [0.05, 0.1) is 6.04 Å². The molecule has 0 radical (unpaired) electrons. The third kappa shape index (κ3) is 5.11. The maximum Gasteiger partial charge on any atom is 0.237 e. The molecule has 4 nitrogen and oxygen atoms in total. The Hall–Kier alpha value is -0.610. The van der Waals surface area contributed by atoms with Gasteiger partial charge in [0, 0.05) is 13.1 Å². The summed E-state index contributed by atoms with van der Waals surface area (Å²) in [6.45, 7) is 7.90. The highest BCUT2D eigenvalue weighted by Crippen LogP contribution is 2.15. The minimum absolute atomic E-state index is 0.0722. The van der Waals surface area contributed by atoms with Crippen LogP contribution in [0.2, 0.25) is 0 Å². The van der Waals surface area contributed by atoms with E-state index < -0.39 is 0 Å². The van der Waals surface area contributed by atoms with E-state index in [-0.39, 0.29) is 11.9 Å². The van der Waals surface area contributed by atoms with Crippen LogP contribution in [-0.4, -0.2) is 49.6 Å². The first-order valence-electron chi connectivity index (χ1n) is 7.99. The Bertz CT molecular complexity index is 277. The van der Waals surface area contributed by atoms with Crippen molar-refractivity contribution in [2.45, 2.75) is 51.5 Å². The van der Waals surface area contributed by atoms with Crippen LogP contribution in [0.4, 0.5) is 0 Å². The van der Waals surface area contributed by atoms with Gasteiger partial charge in [-0.05, 0) is 64.1 Å². The summed E-state index contributed by atoms with van der Waals surface area (Å²) in [4.78, 5) is 14.3. The predicted octanol–water partition coefficient (Wildman–Crippen LogP) is 1.37. The minimum Gasteiger partial charge on any atom is -0.355 e. The second kappa shape index (κ2) is 7.85. The molecule has 0 aromatic carbocycles. The van der Waals surface area contributed by atoms with Crippen molar-refractivity contribution in [2.24, 2.45) is 5.92 Å². The lowest BCUT2D eigenvalue weighted by molar-refractivity contribution is -0.122. The van der Waals surface area contributed by atoms with Gasteiger partial charge in [-0.15, -0.1) is 0 Å². The van der Waals surface area contributed by atoms with Gasteiger partial charge in [-0.2, -0.15) is 0 Å². The van der Waals surface area contributed by atoms with Gasteiger partial charge in [0.15, 0.2) is 0 Å². The standard InChI is InChI=1S/C15H29N3O/c1-13-6-5-11-18(12-13)10-3-2-8-17-15(19)14-7-4-9-16-14/h13-14,16H,2-12H2,1H3,(H,17,19). The largest absolute Gasteiger partial charge is 0.355 e. The van der Waals surface area contributed by atoms with Crippen molar-refractivity contribution in [3.8, 4) is 0 Å². The zero-order valence-electron chi connectivity index (χ0n) is 12.3. The number of carbonyl (C=O) groups is 1. The summed E-state index contributed by atoms with van der Waals surface area (Å²) in [7, 11) is 0. The Morgan fingerprint density at radius 1 is 1.32 bits per heavy atom. The van der Waals surface area contributed by atoms with Crippen molar-refractivity contribution in [3.05, 3.63) is 0 Å². The molecule has 1 amide bonds. The SMILES string of the molecule is CC1CCCN(CCCCNC(=O)C2CCCN2)C1. The Balaban J connectivity index is 1.48. The van der Waals surface area contributed by atoms with Crippen molar-refractivity contribution in [3.63, 3.8) is 0 Å². The molecular weight excluding hydrogens is 238 g/mol. The van der Waals surface area contributed by atoms with Crippen molar-refractivity contribution in [2.75, 3.05) is 32.7 Å². The van der Waals surface area contributed by atoms with E-state index in [0.717, 1.165) is 38.3 Å². The molecule has 2 N–H and O–H groups in total. The molecule has 0 aromatic heterocycles. The fraction of sp³-hybridized carbons (Fsp3) is 0.933. The lowest BCUT2D eigenvalue weighted by atomic mass is 10.0. The number of unbranched alkanes of at least 4 members (excludes halogenated alkanes) is 1. The van der Waals surface area contributed by atoms with E-state index in [1.165, 1.54) is 38.9 Å². The lowest BCUT2D eigenvalue weighted by Gasteiger charge is -2.30. The van der Waals surface area contributed by atoms with E-state index >= 15 is 0 Å². The topological polar surface area (TPSA) is 44.4 Å². The molecule has 0 aliphatic carbocycles. The van der Waals surface area contributed by atoms with E-state index in [1.54, 1.807) is 0 Å². The Labute approximate surface area is 117 Å². The van der Waals surface area contributed by atoms with Crippen LogP contribution in [0.15, 0.2) is 0 Å². The molecule has 19 heavy (non-hydrogen) atoms. The number of amides is 1. The monoisotopic (exact) mass is 267 g/mol. The minimum atomic E-state index is 0.0722. The number of nitrogens with one attached hydrogen (secondary N) is 2. The van der Waals surface area contributed by atoms with Crippen molar-refractivity contribution in [1.82, 2.24) is 15.5 Å². The molecule has 2 heterocycles. The number of piperidine rings is 1. The van der Waals surface area contributed by atoms with Gasteiger partial charge < -0.3 is 15.5 Å². The van der Waals surface area contributed by atoms with E-state index in [0.29, 0.717) is 0 Å². The van der Waals surface area contributed by atoms with E-state index in [4.69, 9.17) is 0 Å². The molecule has 2 unspecified atom stereocenters. The van der Waals surface area contributed by atoms with Gasteiger partial charge in [0.25, 0.3) is 0 Å². The van der Waals surface area contributed by atoms with Crippen molar-refractivity contribution >= 4 is 5.91 Å². The Morgan fingerprint density at radius 2 is 2.21 bits per heavy atom. The zero-order chi connectivity index (χ0) is 13.5. The van der Waals surface area contributed by atoms with Gasteiger partial charge in [-0.3, -0.25) is 4.79 Å². The average Bonchev–Trinajstić information content (AvgIpc) is 2.92. The average molecular weight is 267 g/mol. The van der Waals surface area contributed by atoms with Gasteiger partial charge in [-0.25, -0.2) is 0 Å². The highest BCUT2D eigenvalue weighted by atomic mass is 16.2. The third-order valence-corrected chi connectivity index (χ3v) is 4.32. The van der Waals surface area contributed by atoms with E-state index in [1.807, 2.05) is 0 Å². The second-order valence-electron chi connectivity index (χ2n) is 6.20. The van der Waals surface area contributed by atoms with Crippen LogP contribution in [-0.2, 0) is 4.79 Å². The first kappa shape index (κ1) is 14.8. The second-order valence-corrected chi connectivity index (χ2v) is 6.20. The molecule has 0 bridgehead atoms.